The lowest BCUT2D eigenvalue weighted by Gasteiger charge is -2.51. The molecule has 0 radical (unpaired) electrons. The zero-order chi connectivity index (χ0) is 21.9. The maximum atomic E-state index is 12.0. The van der Waals surface area contributed by atoms with Gasteiger partial charge in [-0.3, -0.25) is 9.59 Å². The first kappa shape index (κ1) is 23.4. The Balaban J connectivity index is 2.68. The predicted octanol–water partition coefficient (Wildman–Crippen LogP) is 4.23. The van der Waals surface area contributed by atoms with Crippen LogP contribution in [0.2, 0.25) is 0 Å². The van der Waals surface area contributed by atoms with Crippen molar-refractivity contribution >= 4 is 11.9 Å². The van der Waals surface area contributed by atoms with Crippen LogP contribution in [0.5, 0.6) is 0 Å². The maximum absolute atomic E-state index is 12.0. The molecule has 0 aromatic heterocycles. The molecule has 29 heavy (non-hydrogen) atoms. The van der Waals surface area contributed by atoms with Crippen LogP contribution in [0.25, 0.3) is 0 Å². The molecule has 1 aromatic rings. The number of carbonyl (C=O) groups is 2. The fourth-order valence-corrected chi connectivity index (χ4v) is 4.17. The molecule has 162 valence electrons. The number of esters is 2. The molecular formula is C23H34O6. The van der Waals surface area contributed by atoms with Gasteiger partial charge in [-0.2, -0.15) is 0 Å². The van der Waals surface area contributed by atoms with Crippen molar-refractivity contribution in [2.24, 2.45) is 5.92 Å². The molecule has 2 rings (SSSR count). The zero-order valence-corrected chi connectivity index (χ0v) is 18.8. The van der Waals surface area contributed by atoms with Crippen molar-refractivity contribution in [2.75, 3.05) is 7.11 Å². The minimum Gasteiger partial charge on any atom is -0.458 e. The van der Waals surface area contributed by atoms with Crippen LogP contribution in [0.1, 0.15) is 70.6 Å². The molecule has 1 aliphatic heterocycles. The lowest BCUT2D eigenvalue weighted by atomic mass is 9.80. The number of carbonyl (C=O) groups excluding carboxylic acids is 2. The molecule has 0 saturated carbocycles. The molecule has 0 amide bonds. The van der Waals surface area contributed by atoms with Gasteiger partial charge in [0, 0.05) is 32.4 Å². The Kier molecular flexibility index (Phi) is 7.46. The number of aryl methyl sites for hydroxylation is 1. The number of methoxy groups -OCH3 is 1. The van der Waals surface area contributed by atoms with Gasteiger partial charge in [0.2, 0.25) is 5.79 Å². The van der Waals surface area contributed by atoms with Crippen molar-refractivity contribution in [3.05, 3.63) is 34.9 Å². The first-order valence-corrected chi connectivity index (χ1v) is 10.3. The second-order valence-corrected chi connectivity index (χ2v) is 8.13. The van der Waals surface area contributed by atoms with E-state index < -0.39 is 29.9 Å². The zero-order valence-electron chi connectivity index (χ0n) is 18.8. The number of rotatable bonds is 6. The van der Waals surface area contributed by atoms with Crippen molar-refractivity contribution in [3.8, 4) is 0 Å². The summed E-state index contributed by atoms with van der Waals surface area (Å²) in [4.78, 5) is 23.9. The summed E-state index contributed by atoms with van der Waals surface area (Å²) in [6, 6.07) is 6.08. The van der Waals surface area contributed by atoms with E-state index in [1.54, 1.807) is 0 Å². The maximum Gasteiger partial charge on any atom is 0.303 e. The van der Waals surface area contributed by atoms with E-state index in [0.717, 1.165) is 11.1 Å². The first-order valence-electron chi connectivity index (χ1n) is 10.3. The molecule has 5 atom stereocenters. The lowest BCUT2D eigenvalue weighted by molar-refractivity contribution is -0.356. The van der Waals surface area contributed by atoms with Gasteiger partial charge in [0.25, 0.3) is 0 Å². The molecule has 0 N–H and O–H groups in total. The molecule has 1 unspecified atom stereocenters. The highest BCUT2D eigenvalue weighted by Crippen LogP contribution is 2.46. The average molecular weight is 407 g/mol. The lowest BCUT2D eigenvalue weighted by Crippen LogP contribution is -2.62. The minimum atomic E-state index is -1.38. The van der Waals surface area contributed by atoms with Crippen molar-refractivity contribution in [2.45, 2.75) is 84.9 Å². The second-order valence-electron chi connectivity index (χ2n) is 8.13. The molecule has 1 saturated heterocycles. The molecule has 1 fully saturated rings. The molecule has 0 aliphatic carbocycles. The van der Waals surface area contributed by atoms with Gasteiger partial charge in [0.15, 0.2) is 6.10 Å². The summed E-state index contributed by atoms with van der Waals surface area (Å²) in [5.74, 6) is -2.11. The highest BCUT2D eigenvalue weighted by molar-refractivity contribution is 5.67. The summed E-state index contributed by atoms with van der Waals surface area (Å²) < 4.78 is 23.8. The van der Waals surface area contributed by atoms with Crippen LogP contribution in [-0.2, 0) is 34.3 Å². The summed E-state index contributed by atoms with van der Waals surface area (Å²) in [5.41, 5.74) is 2.91. The Morgan fingerprint density at radius 2 is 1.79 bits per heavy atom. The number of hydrogen-bond acceptors (Lipinski definition) is 6. The molecular weight excluding hydrogens is 372 g/mol. The van der Waals surface area contributed by atoms with Crippen LogP contribution in [0.15, 0.2) is 18.2 Å². The van der Waals surface area contributed by atoms with Crippen LogP contribution >= 0.6 is 0 Å². The van der Waals surface area contributed by atoms with Crippen molar-refractivity contribution < 1.29 is 28.5 Å². The molecule has 1 aliphatic rings. The van der Waals surface area contributed by atoms with Gasteiger partial charge in [0.05, 0.1) is 6.10 Å². The van der Waals surface area contributed by atoms with E-state index in [1.165, 1.54) is 26.5 Å². The highest BCUT2D eigenvalue weighted by Gasteiger charge is 2.58. The third kappa shape index (κ3) is 4.64. The minimum absolute atomic E-state index is 0.174. The molecule has 1 aromatic carbocycles. The fourth-order valence-electron chi connectivity index (χ4n) is 4.17. The normalized spacial score (nSPS) is 29.6. The van der Waals surface area contributed by atoms with Crippen LogP contribution in [-0.4, -0.2) is 37.4 Å². The van der Waals surface area contributed by atoms with Gasteiger partial charge in [0.1, 0.15) is 6.10 Å². The van der Waals surface area contributed by atoms with Gasteiger partial charge in [-0.05, 0) is 30.4 Å². The summed E-state index contributed by atoms with van der Waals surface area (Å²) in [6.07, 6.45) is -1.18. The summed E-state index contributed by atoms with van der Waals surface area (Å²) >= 11 is 0. The van der Waals surface area contributed by atoms with E-state index in [1.807, 2.05) is 32.9 Å². The Morgan fingerprint density at radius 1 is 1.17 bits per heavy atom. The van der Waals surface area contributed by atoms with Crippen molar-refractivity contribution in [3.63, 3.8) is 0 Å². The number of ether oxygens (including phenoxy) is 4. The summed E-state index contributed by atoms with van der Waals surface area (Å²) in [5, 5.41) is 0. The Bertz CT molecular complexity index is 743. The Morgan fingerprint density at radius 3 is 2.24 bits per heavy atom. The molecule has 6 nitrogen and oxygen atoms in total. The molecule has 1 heterocycles. The van der Waals surface area contributed by atoms with E-state index in [4.69, 9.17) is 18.9 Å². The highest BCUT2D eigenvalue weighted by atomic mass is 16.7. The predicted molar refractivity (Wildman–Crippen MR) is 109 cm³/mol. The van der Waals surface area contributed by atoms with Crippen molar-refractivity contribution in [1.82, 2.24) is 0 Å². The smallest absolute Gasteiger partial charge is 0.303 e. The van der Waals surface area contributed by atoms with Gasteiger partial charge < -0.3 is 18.9 Å². The largest absolute Gasteiger partial charge is 0.458 e. The van der Waals surface area contributed by atoms with Crippen LogP contribution in [0.4, 0.5) is 0 Å². The van der Waals surface area contributed by atoms with Gasteiger partial charge >= 0.3 is 11.9 Å². The van der Waals surface area contributed by atoms with E-state index >= 15 is 0 Å². The van der Waals surface area contributed by atoms with Crippen LogP contribution in [0, 0.1) is 12.8 Å². The van der Waals surface area contributed by atoms with E-state index in [-0.39, 0.29) is 12.0 Å². The van der Waals surface area contributed by atoms with E-state index in [9.17, 15) is 9.59 Å². The molecule has 0 bridgehead atoms. The Labute approximate surface area is 173 Å². The monoisotopic (exact) mass is 406 g/mol. The standard InChI is InChI=1S/C23H34O6/c1-9-20-15(5)21(27-16(6)24)22(28-17(7)25)23(26-8,29-20)19-11-10-18(13(2)3)12-14(19)4/h10-13,15,20-22H,9H2,1-8H3/t15-,20+,21-,22-,23?/m0/s1. The third-order valence-corrected chi connectivity index (χ3v) is 5.70. The number of hydrogen-bond donors (Lipinski definition) is 0. The van der Waals surface area contributed by atoms with E-state index in [2.05, 4.69) is 19.9 Å². The second kappa shape index (κ2) is 9.26. The molecule has 6 heteroatoms. The fraction of sp³-hybridized carbons (Fsp3) is 0.652. The van der Waals surface area contributed by atoms with Gasteiger partial charge in [-0.1, -0.05) is 45.9 Å². The first-order chi connectivity index (χ1) is 13.6. The summed E-state index contributed by atoms with van der Waals surface area (Å²) in [7, 11) is 1.53. The molecule has 0 spiro atoms. The van der Waals surface area contributed by atoms with Gasteiger partial charge in [-0.25, -0.2) is 0 Å². The topological polar surface area (TPSA) is 71.1 Å². The SMILES string of the molecule is CC[C@H]1OC(OC)(c2ccc(C(C)C)cc2C)[C@@H](OC(C)=O)[C@@H](OC(C)=O)[C@H]1C. The average Bonchev–Trinajstić information content (AvgIpc) is 2.65. The third-order valence-electron chi connectivity index (χ3n) is 5.70. The van der Waals surface area contributed by atoms with Gasteiger partial charge in [-0.15, -0.1) is 0 Å². The van der Waals surface area contributed by atoms with Crippen LogP contribution < -0.4 is 0 Å². The van der Waals surface area contributed by atoms with Crippen molar-refractivity contribution in [1.29, 1.82) is 0 Å². The van der Waals surface area contributed by atoms with E-state index in [0.29, 0.717) is 12.3 Å². The number of benzene rings is 1. The van der Waals surface area contributed by atoms with Crippen LogP contribution in [0.3, 0.4) is 0 Å². The Hall–Kier alpha value is -1.92. The quantitative estimate of drug-likeness (QED) is 0.659. The summed E-state index contributed by atoms with van der Waals surface area (Å²) in [6.45, 7) is 12.9.